The van der Waals surface area contributed by atoms with Crippen LogP contribution in [0.3, 0.4) is 0 Å². The van der Waals surface area contributed by atoms with E-state index in [4.69, 9.17) is 0 Å². The number of carbonyl (C=O) groups is 2. The Balaban J connectivity index is 1.77. The summed E-state index contributed by atoms with van der Waals surface area (Å²) in [6.07, 6.45) is 0. The molecular formula is C25H24BrN3O3S. The van der Waals surface area contributed by atoms with Crippen molar-refractivity contribution in [1.82, 2.24) is 14.8 Å². The quantitative estimate of drug-likeness (QED) is 0.438. The highest BCUT2D eigenvalue weighted by atomic mass is 79.9. The van der Waals surface area contributed by atoms with E-state index in [1.807, 2.05) is 73.6 Å². The molecule has 8 heteroatoms. The number of hydrogen-bond acceptors (Lipinski definition) is 6. The number of carbonyl (C=O) groups excluding carboxylic acids is 2. The van der Waals surface area contributed by atoms with E-state index in [9.17, 15) is 14.7 Å². The molecule has 170 valence electrons. The lowest BCUT2D eigenvalue weighted by Crippen LogP contribution is -2.36. The van der Waals surface area contributed by atoms with E-state index in [2.05, 4.69) is 20.9 Å². The summed E-state index contributed by atoms with van der Waals surface area (Å²) in [5, 5.41) is 11.6. The molecule has 1 unspecified atom stereocenters. The molecule has 0 saturated carbocycles. The van der Waals surface area contributed by atoms with Crippen molar-refractivity contribution in [2.24, 2.45) is 0 Å². The minimum Gasteiger partial charge on any atom is -0.503 e. The molecule has 1 aromatic heterocycles. The Morgan fingerprint density at radius 1 is 1.15 bits per heavy atom. The predicted octanol–water partition coefficient (Wildman–Crippen LogP) is 5.02. The summed E-state index contributed by atoms with van der Waals surface area (Å²) in [5.74, 6) is -1.38. The maximum atomic E-state index is 13.8. The average molecular weight is 526 g/mol. The zero-order valence-corrected chi connectivity index (χ0v) is 21.0. The molecule has 4 rings (SSSR count). The Bertz CT molecular complexity index is 1220. The molecule has 0 saturated heterocycles. The van der Waals surface area contributed by atoms with Gasteiger partial charge in [0.05, 0.1) is 22.2 Å². The van der Waals surface area contributed by atoms with E-state index in [1.165, 1.54) is 11.3 Å². The average Bonchev–Trinajstić information content (AvgIpc) is 3.31. The predicted molar refractivity (Wildman–Crippen MR) is 133 cm³/mol. The number of benzene rings is 2. The highest BCUT2D eigenvalue weighted by Gasteiger charge is 2.44. The summed E-state index contributed by atoms with van der Waals surface area (Å²) in [7, 11) is 3.83. The molecule has 2 aromatic carbocycles. The molecule has 2 heterocycles. The maximum absolute atomic E-state index is 13.8. The number of ketones is 1. The lowest BCUT2D eigenvalue weighted by Gasteiger charge is -2.28. The zero-order chi connectivity index (χ0) is 23.7. The topological polar surface area (TPSA) is 73.7 Å². The van der Waals surface area contributed by atoms with Gasteiger partial charge in [0.1, 0.15) is 5.01 Å². The Morgan fingerprint density at radius 3 is 2.45 bits per heavy atom. The number of halogens is 1. The van der Waals surface area contributed by atoms with Crippen LogP contribution in [-0.2, 0) is 4.79 Å². The number of likely N-dealkylation sites (N-methyl/N-ethyl adjacent to an activating group) is 1. The molecule has 1 atom stereocenters. The monoisotopic (exact) mass is 525 g/mol. The van der Waals surface area contributed by atoms with Crippen LogP contribution < -0.4 is 0 Å². The Hall–Kier alpha value is -2.81. The van der Waals surface area contributed by atoms with E-state index in [1.54, 1.807) is 11.8 Å². The van der Waals surface area contributed by atoms with Crippen molar-refractivity contribution in [2.75, 3.05) is 27.2 Å². The van der Waals surface area contributed by atoms with Gasteiger partial charge < -0.3 is 14.9 Å². The van der Waals surface area contributed by atoms with Crippen LogP contribution in [0.4, 0.5) is 0 Å². The Kier molecular flexibility index (Phi) is 6.78. The molecule has 1 amide bonds. The van der Waals surface area contributed by atoms with E-state index in [-0.39, 0.29) is 11.4 Å². The molecular weight excluding hydrogens is 502 g/mol. The third-order valence-corrected chi connectivity index (χ3v) is 7.28. The normalized spacial score (nSPS) is 16.2. The van der Waals surface area contributed by atoms with Crippen LogP contribution in [0.15, 0.2) is 70.4 Å². The van der Waals surface area contributed by atoms with Gasteiger partial charge in [0.2, 0.25) is 5.78 Å². The van der Waals surface area contributed by atoms with Crippen LogP contribution in [0, 0.1) is 6.92 Å². The molecule has 0 spiro atoms. The third kappa shape index (κ3) is 4.64. The van der Waals surface area contributed by atoms with Crippen molar-refractivity contribution in [3.63, 3.8) is 0 Å². The molecule has 0 aliphatic carbocycles. The lowest BCUT2D eigenvalue weighted by atomic mass is 9.95. The smallest absolute Gasteiger partial charge is 0.290 e. The highest BCUT2D eigenvalue weighted by Crippen LogP contribution is 2.41. The number of hydrogen-bond donors (Lipinski definition) is 1. The van der Waals surface area contributed by atoms with Crippen molar-refractivity contribution < 1.29 is 14.7 Å². The molecule has 0 radical (unpaired) electrons. The first-order valence-corrected chi connectivity index (χ1v) is 12.1. The van der Waals surface area contributed by atoms with Crippen molar-refractivity contribution in [3.8, 4) is 10.6 Å². The van der Waals surface area contributed by atoms with Crippen molar-refractivity contribution >= 4 is 39.0 Å². The fourth-order valence-electron chi connectivity index (χ4n) is 3.85. The van der Waals surface area contributed by atoms with Gasteiger partial charge >= 0.3 is 0 Å². The van der Waals surface area contributed by atoms with Gasteiger partial charge in [0.15, 0.2) is 5.76 Å². The first-order valence-electron chi connectivity index (χ1n) is 10.5. The maximum Gasteiger partial charge on any atom is 0.290 e. The second kappa shape index (κ2) is 9.59. The van der Waals surface area contributed by atoms with Gasteiger partial charge in [-0.2, -0.15) is 0 Å². The molecule has 3 aromatic rings. The standard InChI is InChI=1S/C25H24BrN3O3S/c1-15-23(33-24(27-15)17-7-5-4-6-8-17)21(30)19-20(16-9-11-18(26)12-10-16)29(14-13-28(2)3)25(32)22(19)31/h4-12,20,31H,13-14H2,1-3H3. The van der Waals surface area contributed by atoms with E-state index < -0.39 is 17.7 Å². The van der Waals surface area contributed by atoms with Crippen LogP contribution in [0.2, 0.25) is 0 Å². The number of Topliss-reactive ketones (excluding diaryl/α,β-unsaturated/α-hetero) is 1. The molecule has 1 aliphatic rings. The zero-order valence-electron chi connectivity index (χ0n) is 18.6. The van der Waals surface area contributed by atoms with Gasteiger partial charge in [-0.25, -0.2) is 4.98 Å². The number of rotatable bonds is 7. The minimum absolute atomic E-state index is 0.104. The molecule has 6 nitrogen and oxygen atoms in total. The van der Waals surface area contributed by atoms with E-state index >= 15 is 0 Å². The molecule has 0 fully saturated rings. The lowest BCUT2D eigenvalue weighted by molar-refractivity contribution is -0.129. The van der Waals surface area contributed by atoms with Gasteiger partial charge in [-0.1, -0.05) is 58.4 Å². The second-order valence-corrected chi connectivity index (χ2v) is 10.1. The van der Waals surface area contributed by atoms with Gasteiger partial charge in [-0.3, -0.25) is 9.59 Å². The molecule has 0 bridgehead atoms. The summed E-state index contributed by atoms with van der Waals surface area (Å²) in [6.45, 7) is 2.76. The fourth-order valence-corrected chi connectivity index (χ4v) is 5.14. The molecule has 1 N–H and O–H groups in total. The summed E-state index contributed by atoms with van der Waals surface area (Å²) < 4.78 is 0.891. The number of aromatic nitrogens is 1. The summed E-state index contributed by atoms with van der Waals surface area (Å²) in [4.78, 5) is 35.4. The van der Waals surface area contributed by atoms with Gasteiger partial charge in [-0.15, -0.1) is 11.3 Å². The second-order valence-electron chi connectivity index (χ2n) is 8.15. The van der Waals surface area contributed by atoms with Gasteiger partial charge in [0, 0.05) is 23.1 Å². The first-order chi connectivity index (χ1) is 15.8. The van der Waals surface area contributed by atoms with Crippen molar-refractivity contribution in [2.45, 2.75) is 13.0 Å². The van der Waals surface area contributed by atoms with Crippen molar-refractivity contribution in [3.05, 3.63) is 86.5 Å². The van der Waals surface area contributed by atoms with E-state index in [0.717, 1.165) is 20.6 Å². The summed E-state index contributed by atoms with van der Waals surface area (Å²) >= 11 is 4.71. The molecule has 33 heavy (non-hydrogen) atoms. The number of amides is 1. The van der Waals surface area contributed by atoms with Crippen molar-refractivity contribution in [1.29, 1.82) is 0 Å². The summed E-state index contributed by atoms with van der Waals surface area (Å²) in [6, 6.07) is 16.4. The summed E-state index contributed by atoms with van der Waals surface area (Å²) in [5.41, 5.74) is 2.37. The number of aliphatic hydroxyl groups is 1. The van der Waals surface area contributed by atoms with Crippen LogP contribution >= 0.6 is 27.3 Å². The third-order valence-electron chi connectivity index (χ3n) is 5.55. The minimum atomic E-state index is -0.667. The van der Waals surface area contributed by atoms with Crippen LogP contribution in [0.5, 0.6) is 0 Å². The number of thiazole rings is 1. The van der Waals surface area contributed by atoms with Crippen LogP contribution in [-0.4, -0.2) is 58.8 Å². The number of aliphatic hydroxyl groups excluding tert-OH is 1. The van der Waals surface area contributed by atoms with Gasteiger partial charge in [0.25, 0.3) is 5.91 Å². The number of aryl methyl sites for hydroxylation is 1. The first kappa shape index (κ1) is 23.4. The highest BCUT2D eigenvalue weighted by molar-refractivity contribution is 9.10. The van der Waals surface area contributed by atoms with Gasteiger partial charge in [-0.05, 0) is 38.7 Å². The van der Waals surface area contributed by atoms with Crippen LogP contribution in [0.25, 0.3) is 10.6 Å². The molecule has 1 aliphatic heterocycles. The Morgan fingerprint density at radius 2 is 1.82 bits per heavy atom. The fraction of sp³-hybridized carbons (Fsp3) is 0.240. The Labute approximate surface area is 205 Å². The largest absolute Gasteiger partial charge is 0.503 e. The van der Waals surface area contributed by atoms with E-state index in [0.29, 0.717) is 23.7 Å². The number of nitrogens with zero attached hydrogens (tertiary/aromatic N) is 3. The SMILES string of the molecule is Cc1nc(-c2ccccc2)sc1C(=O)C1=C(O)C(=O)N(CCN(C)C)C1c1ccc(Br)cc1. The van der Waals surface area contributed by atoms with Crippen LogP contribution in [0.1, 0.15) is 27.0 Å².